The second kappa shape index (κ2) is 8.74. The molecule has 0 aliphatic carbocycles. The van der Waals surface area contributed by atoms with Crippen molar-refractivity contribution in [2.24, 2.45) is 5.92 Å². The average Bonchev–Trinajstić information content (AvgIpc) is 3.08. The van der Waals surface area contributed by atoms with Gasteiger partial charge in [-0.3, -0.25) is 14.4 Å². The highest BCUT2D eigenvalue weighted by Gasteiger charge is 2.40. The van der Waals surface area contributed by atoms with Crippen LogP contribution < -0.4 is 0 Å². The summed E-state index contributed by atoms with van der Waals surface area (Å²) in [6.07, 6.45) is 4.39. The van der Waals surface area contributed by atoms with E-state index in [1.54, 1.807) is 21.9 Å². The van der Waals surface area contributed by atoms with Crippen molar-refractivity contribution in [3.63, 3.8) is 0 Å². The number of nitrogens with zero attached hydrogens (tertiary/aromatic N) is 2. The predicted molar refractivity (Wildman–Crippen MR) is 102 cm³/mol. The molecule has 0 radical (unpaired) electrons. The summed E-state index contributed by atoms with van der Waals surface area (Å²) in [6.45, 7) is 1.16. The van der Waals surface area contributed by atoms with Crippen LogP contribution in [0.2, 0.25) is 5.02 Å². The van der Waals surface area contributed by atoms with Gasteiger partial charge in [0, 0.05) is 37.0 Å². The zero-order valence-electron chi connectivity index (χ0n) is 15.3. The first kappa shape index (κ1) is 19.7. The van der Waals surface area contributed by atoms with E-state index in [-0.39, 0.29) is 30.8 Å². The molecular weight excluding hydrogens is 368 g/mol. The predicted octanol–water partition coefficient (Wildman–Crippen LogP) is 2.76. The molecule has 146 valence electrons. The maximum atomic E-state index is 12.8. The van der Waals surface area contributed by atoms with Gasteiger partial charge in [-0.15, -0.1) is 0 Å². The zero-order chi connectivity index (χ0) is 19.4. The van der Waals surface area contributed by atoms with Gasteiger partial charge in [0.1, 0.15) is 0 Å². The maximum absolute atomic E-state index is 12.8. The normalized spacial score (nSPS) is 23.8. The summed E-state index contributed by atoms with van der Waals surface area (Å²) in [5.74, 6) is -1.99. The fourth-order valence-electron chi connectivity index (χ4n) is 3.95. The van der Waals surface area contributed by atoms with Gasteiger partial charge in [-0.05, 0) is 30.5 Å². The molecule has 3 rings (SSSR count). The van der Waals surface area contributed by atoms with Gasteiger partial charge in [0.05, 0.1) is 12.5 Å². The van der Waals surface area contributed by atoms with Gasteiger partial charge < -0.3 is 14.9 Å². The number of hydrogen-bond donors (Lipinski definition) is 1. The van der Waals surface area contributed by atoms with Crippen LogP contribution in [0, 0.1) is 5.92 Å². The lowest BCUT2D eigenvalue weighted by molar-refractivity contribution is -0.143. The summed E-state index contributed by atoms with van der Waals surface area (Å²) in [5.41, 5.74) is 0.865. The number of carbonyl (C=O) groups is 3. The molecule has 2 fully saturated rings. The summed E-state index contributed by atoms with van der Waals surface area (Å²) in [7, 11) is 0. The molecule has 0 spiro atoms. The Labute approximate surface area is 164 Å². The molecule has 27 heavy (non-hydrogen) atoms. The van der Waals surface area contributed by atoms with Crippen LogP contribution >= 0.6 is 11.6 Å². The van der Waals surface area contributed by atoms with Crippen molar-refractivity contribution in [2.45, 2.75) is 38.0 Å². The van der Waals surface area contributed by atoms with E-state index in [4.69, 9.17) is 11.6 Å². The third-order valence-electron chi connectivity index (χ3n) is 5.54. The minimum atomic E-state index is -0.910. The first-order valence-electron chi connectivity index (χ1n) is 9.49. The number of carbonyl (C=O) groups excluding carboxylic acids is 2. The Balaban J connectivity index is 1.69. The number of aliphatic carboxylic acids is 1. The van der Waals surface area contributed by atoms with Crippen molar-refractivity contribution in [3.05, 3.63) is 34.9 Å². The Morgan fingerprint density at radius 2 is 1.78 bits per heavy atom. The second-order valence-corrected chi connectivity index (χ2v) is 7.82. The molecule has 0 bridgehead atoms. The number of halogens is 1. The number of likely N-dealkylation sites (tertiary alicyclic amines) is 2. The Hall–Kier alpha value is -2.08. The number of carboxylic acid groups (broad SMARTS) is 1. The van der Waals surface area contributed by atoms with Crippen LogP contribution in [0.25, 0.3) is 0 Å². The quantitative estimate of drug-likeness (QED) is 0.854. The number of carboxylic acids is 1. The van der Waals surface area contributed by atoms with E-state index in [2.05, 4.69) is 0 Å². The van der Waals surface area contributed by atoms with Crippen LogP contribution in [-0.2, 0) is 14.4 Å². The number of amides is 2. The highest BCUT2D eigenvalue weighted by molar-refractivity contribution is 6.30. The van der Waals surface area contributed by atoms with E-state index in [0.29, 0.717) is 24.5 Å². The lowest BCUT2D eigenvalue weighted by Gasteiger charge is -2.26. The Morgan fingerprint density at radius 3 is 2.48 bits per heavy atom. The van der Waals surface area contributed by atoms with E-state index in [0.717, 1.165) is 31.2 Å². The number of hydrogen-bond acceptors (Lipinski definition) is 3. The van der Waals surface area contributed by atoms with E-state index in [9.17, 15) is 19.5 Å². The van der Waals surface area contributed by atoms with Crippen LogP contribution in [0.15, 0.2) is 24.3 Å². The Kier molecular flexibility index (Phi) is 6.37. The topological polar surface area (TPSA) is 77.9 Å². The van der Waals surface area contributed by atoms with Gasteiger partial charge >= 0.3 is 5.97 Å². The minimum absolute atomic E-state index is 0.0197. The Bertz CT molecular complexity index is 706. The van der Waals surface area contributed by atoms with Gasteiger partial charge in [0.2, 0.25) is 11.8 Å². The molecule has 0 saturated carbocycles. The third kappa shape index (κ3) is 4.80. The molecule has 2 atom stereocenters. The van der Waals surface area contributed by atoms with Gasteiger partial charge in [-0.2, -0.15) is 0 Å². The monoisotopic (exact) mass is 392 g/mol. The van der Waals surface area contributed by atoms with Gasteiger partial charge in [0.15, 0.2) is 0 Å². The molecule has 7 heteroatoms. The molecule has 2 aliphatic rings. The summed E-state index contributed by atoms with van der Waals surface area (Å²) >= 11 is 5.93. The fourth-order valence-corrected chi connectivity index (χ4v) is 4.08. The minimum Gasteiger partial charge on any atom is -0.481 e. The molecule has 1 aromatic carbocycles. The van der Waals surface area contributed by atoms with Crippen LogP contribution in [0.4, 0.5) is 0 Å². The van der Waals surface area contributed by atoms with Gasteiger partial charge in [-0.1, -0.05) is 36.6 Å². The molecule has 0 aromatic heterocycles. The van der Waals surface area contributed by atoms with Crippen molar-refractivity contribution in [1.82, 2.24) is 9.80 Å². The molecule has 2 amide bonds. The van der Waals surface area contributed by atoms with Gasteiger partial charge in [0.25, 0.3) is 0 Å². The largest absolute Gasteiger partial charge is 0.481 e. The molecule has 2 saturated heterocycles. The third-order valence-corrected chi connectivity index (χ3v) is 5.79. The number of benzene rings is 1. The molecular formula is C20H25ClN2O4. The first-order valence-corrected chi connectivity index (χ1v) is 9.87. The smallest absolute Gasteiger partial charge is 0.308 e. The summed E-state index contributed by atoms with van der Waals surface area (Å²) < 4.78 is 0. The Morgan fingerprint density at radius 1 is 1.07 bits per heavy atom. The van der Waals surface area contributed by atoms with Crippen LogP contribution in [-0.4, -0.2) is 58.9 Å². The maximum Gasteiger partial charge on any atom is 0.308 e. The summed E-state index contributed by atoms with van der Waals surface area (Å²) in [6, 6.07) is 7.11. The standard InChI is InChI=1S/C20H25ClN2O4/c21-15-8-6-14(7-9-15)16-11-23(12-17(16)20(26)27)19(25)13-22-10-4-2-1-3-5-18(22)24/h6-9,16-17H,1-5,10-13H2,(H,26,27)/t16-,17+/m0/s1. The highest BCUT2D eigenvalue weighted by atomic mass is 35.5. The zero-order valence-corrected chi connectivity index (χ0v) is 16.0. The summed E-state index contributed by atoms with van der Waals surface area (Å²) in [4.78, 5) is 40.0. The number of rotatable bonds is 4. The fraction of sp³-hybridized carbons (Fsp3) is 0.550. The second-order valence-electron chi connectivity index (χ2n) is 7.38. The molecule has 6 nitrogen and oxygen atoms in total. The average molecular weight is 393 g/mol. The molecule has 1 N–H and O–H groups in total. The SMILES string of the molecule is O=C(O)[C@@H]1CN(C(=O)CN2CCCCCCC2=O)C[C@H]1c1ccc(Cl)cc1. The van der Waals surface area contributed by atoms with Crippen molar-refractivity contribution < 1.29 is 19.5 Å². The molecule has 2 aliphatic heterocycles. The molecule has 0 unspecified atom stereocenters. The summed E-state index contributed by atoms with van der Waals surface area (Å²) in [5, 5.41) is 10.2. The van der Waals surface area contributed by atoms with Gasteiger partial charge in [-0.25, -0.2) is 0 Å². The van der Waals surface area contributed by atoms with E-state index < -0.39 is 11.9 Å². The van der Waals surface area contributed by atoms with Crippen molar-refractivity contribution in [1.29, 1.82) is 0 Å². The lowest BCUT2D eigenvalue weighted by Crippen LogP contribution is -2.43. The van der Waals surface area contributed by atoms with Crippen LogP contribution in [0.3, 0.4) is 0 Å². The molecule has 1 aromatic rings. The van der Waals surface area contributed by atoms with Crippen LogP contribution in [0.1, 0.15) is 43.6 Å². The van der Waals surface area contributed by atoms with Crippen molar-refractivity contribution >= 4 is 29.4 Å². The van der Waals surface area contributed by atoms with Crippen LogP contribution in [0.5, 0.6) is 0 Å². The van der Waals surface area contributed by atoms with E-state index in [1.165, 1.54) is 0 Å². The van der Waals surface area contributed by atoms with Crippen molar-refractivity contribution in [3.8, 4) is 0 Å². The lowest BCUT2D eigenvalue weighted by atomic mass is 9.89. The van der Waals surface area contributed by atoms with E-state index in [1.807, 2.05) is 12.1 Å². The van der Waals surface area contributed by atoms with Crippen molar-refractivity contribution in [2.75, 3.05) is 26.2 Å². The first-order chi connectivity index (χ1) is 13.0. The van der Waals surface area contributed by atoms with E-state index >= 15 is 0 Å². The highest BCUT2D eigenvalue weighted by Crippen LogP contribution is 2.33. The molecule has 2 heterocycles.